The lowest BCUT2D eigenvalue weighted by Gasteiger charge is -2.04. The molecule has 0 atom stereocenters. The Morgan fingerprint density at radius 3 is 2.67 bits per heavy atom. The Bertz CT molecular complexity index is 629. The summed E-state index contributed by atoms with van der Waals surface area (Å²) in [6, 6.07) is 7.93. The summed E-state index contributed by atoms with van der Waals surface area (Å²) >= 11 is 6.01. The maximum absolute atomic E-state index is 10.8. The normalized spacial score (nSPS) is 10.3. The molecule has 0 unspecified atom stereocenters. The van der Waals surface area contributed by atoms with Crippen LogP contribution in [0.25, 0.3) is 11.3 Å². The average molecular weight is 264 g/mol. The highest BCUT2D eigenvalue weighted by molar-refractivity contribution is 6.31. The topological polar surface area (TPSA) is 82.0 Å². The molecule has 2 rings (SSSR count). The van der Waals surface area contributed by atoms with Gasteiger partial charge in [-0.3, -0.25) is 10.1 Å². The number of benzene rings is 1. The van der Waals surface area contributed by atoms with Crippen LogP contribution in [0.1, 0.15) is 5.56 Å². The number of hydrogen-bond donors (Lipinski definition) is 1. The minimum Gasteiger partial charge on any atom is -0.383 e. The van der Waals surface area contributed by atoms with Crippen LogP contribution >= 0.6 is 11.6 Å². The molecule has 0 fully saturated rings. The van der Waals surface area contributed by atoms with Gasteiger partial charge < -0.3 is 5.73 Å². The van der Waals surface area contributed by atoms with Crippen LogP contribution in [0.5, 0.6) is 0 Å². The first-order valence-corrected chi connectivity index (χ1v) is 5.53. The van der Waals surface area contributed by atoms with Crippen molar-refractivity contribution in [3.8, 4) is 11.3 Å². The molecule has 0 spiro atoms. The number of nitrogens with two attached hydrogens (primary N) is 1. The van der Waals surface area contributed by atoms with Gasteiger partial charge in [0, 0.05) is 16.7 Å². The Morgan fingerprint density at radius 1 is 1.33 bits per heavy atom. The van der Waals surface area contributed by atoms with Crippen LogP contribution in [-0.2, 0) is 0 Å². The first kappa shape index (κ1) is 12.3. The largest absolute Gasteiger partial charge is 0.383 e. The second kappa shape index (κ2) is 4.62. The number of halogens is 1. The van der Waals surface area contributed by atoms with Gasteiger partial charge in [-0.15, -0.1) is 0 Å². The van der Waals surface area contributed by atoms with E-state index in [1.807, 2.05) is 13.0 Å². The number of rotatable bonds is 2. The van der Waals surface area contributed by atoms with Crippen LogP contribution in [0.2, 0.25) is 5.02 Å². The van der Waals surface area contributed by atoms with Crippen molar-refractivity contribution in [3.63, 3.8) is 0 Å². The fraction of sp³-hybridized carbons (Fsp3) is 0.0833. The number of nitro groups is 1. The molecule has 5 nitrogen and oxygen atoms in total. The molecule has 92 valence electrons. The third-order valence-corrected chi connectivity index (χ3v) is 2.92. The molecule has 0 radical (unpaired) electrons. The summed E-state index contributed by atoms with van der Waals surface area (Å²) in [5.74, 6) is 0.107. The van der Waals surface area contributed by atoms with Crippen molar-refractivity contribution < 1.29 is 4.92 Å². The molecule has 1 heterocycles. The van der Waals surface area contributed by atoms with Gasteiger partial charge in [0.25, 0.3) is 5.69 Å². The Kier molecular flexibility index (Phi) is 3.16. The van der Waals surface area contributed by atoms with Gasteiger partial charge in [0.2, 0.25) is 0 Å². The summed E-state index contributed by atoms with van der Waals surface area (Å²) in [6.07, 6.45) is 0. The van der Waals surface area contributed by atoms with E-state index >= 15 is 0 Å². The molecule has 0 aliphatic rings. The molecule has 1 aromatic heterocycles. The van der Waals surface area contributed by atoms with Gasteiger partial charge in [0.15, 0.2) is 0 Å². The third-order valence-electron chi connectivity index (χ3n) is 2.51. The highest BCUT2D eigenvalue weighted by Crippen LogP contribution is 2.27. The second-order valence-electron chi connectivity index (χ2n) is 3.86. The van der Waals surface area contributed by atoms with E-state index in [0.29, 0.717) is 16.3 Å². The fourth-order valence-electron chi connectivity index (χ4n) is 1.54. The van der Waals surface area contributed by atoms with Crippen molar-refractivity contribution >= 4 is 23.1 Å². The summed E-state index contributed by atoms with van der Waals surface area (Å²) in [6.45, 7) is 1.88. The van der Waals surface area contributed by atoms with Crippen molar-refractivity contribution in [3.05, 3.63) is 51.0 Å². The Hall–Kier alpha value is -2.14. The van der Waals surface area contributed by atoms with E-state index < -0.39 is 4.92 Å². The lowest BCUT2D eigenvalue weighted by molar-refractivity contribution is -0.384. The van der Waals surface area contributed by atoms with Gasteiger partial charge in [-0.05, 0) is 18.6 Å². The van der Waals surface area contributed by atoms with Crippen molar-refractivity contribution in [2.75, 3.05) is 5.73 Å². The highest BCUT2D eigenvalue weighted by atomic mass is 35.5. The SMILES string of the molecule is Cc1ccc(-c2cc([N+](=O)[O-])cc(N)n2)cc1Cl. The standard InChI is InChI=1S/C12H10ClN3O2/c1-7-2-3-8(4-10(7)13)11-5-9(16(17)18)6-12(14)15-11/h2-6H,1H3,(H2,14,15). The lowest BCUT2D eigenvalue weighted by Crippen LogP contribution is -1.96. The maximum Gasteiger partial charge on any atom is 0.275 e. The monoisotopic (exact) mass is 263 g/mol. The van der Waals surface area contributed by atoms with E-state index in [0.717, 1.165) is 5.56 Å². The van der Waals surface area contributed by atoms with Crippen molar-refractivity contribution in [1.29, 1.82) is 0 Å². The summed E-state index contributed by atoms with van der Waals surface area (Å²) in [4.78, 5) is 14.3. The highest BCUT2D eigenvalue weighted by Gasteiger charge is 2.11. The van der Waals surface area contributed by atoms with E-state index in [1.54, 1.807) is 12.1 Å². The predicted molar refractivity (Wildman–Crippen MR) is 70.5 cm³/mol. The lowest BCUT2D eigenvalue weighted by atomic mass is 10.1. The van der Waals surface area contributed by atoms with E-state index in [4.69, 9.17) is 17.3 Å². The summed E-state index contributed by atoms with van der Waals surface area (Å²) in [5.41, 5.74) is 7.52. The summed E-state index contributed by atoms with van der Waals surface area (Å²) in [5, 5.41) is 11.3. The number of pyridine rings is 1. The first-order chi connectivity index (χ1) is 8.47. The molecule has 2 N–H and O–H groups in total. The van der Waals surface area contributed by atoms with E-state index in [-0.39, 0.29) is 11.5 Å². The number of anilines is 1. The minimum absolute atomic E-state index is 0.0887. The predicted octanol–water partition coefficient (Wildman–Crippen LogP) is 3.20. The van der Waals surface area contributed by atoms with E-state index in [1.165, 1.54) is 12.1 Å². The summed E-state index contributed by atoms with van der Waals surface area (Å²) < 4.78 is 0. The number of aromatic nitrogens is 1. The maximum atomic E-state index is 10.8. The van der Waals surface area contributed by atoms with Crippen LogP contribution in [0.4, 0.5) is 11.5 Å². The van der Waals surface area contributed by atoms with Gasteiger partial charge in [-0.25, -0.2) is 4.98 Å². The Labute approximate surface area is 108 Å². The van der Waals surface area contributed by atoms with Crippen molar-refractivity contribution in [1.82, 2.24) is 4.98 Å². The molecule has 0 saturated heterocycles. The van der Waals surface area contributed by atoms with Gasteiger partial charge in [-0.2, -0.15) is 0 Å². The zero-order valence-corrected chi connectivity index (χ0v) is 10.3. The molecule has 2 aromatic rings. The zero-order chi connectivity index (χ0) is 13.3. The molecule has 18 heavy (non-hydrogen) atoms. The third kappa shape index (κ3) is 2.41. The zero-order valence-electron chi connectivity index (χ0n) is 9.55. The molecule has 0 bridgehead atoms. The molecule has 6 heteroatoms. The Morgan fingerprint density at radius 2 is 2.06 bits per heavy atom. The number of hydrogen-bond acceptors (Lipinski definition) is 4. The average Bonchev–Trinajstić information content (AvgIpc) is 2.31. The molecule has 0 aliphatic heterocycles. The van der Waals surface area contributed by atoms with Gasteiger partial charge in [-0.1, -0.05) is 23.7 Å². The van der Waals surface area contributed by atoms with Gasteiger partial charge in [0.1, 0.15) is 5.82 Å². The van der Waals surface area contributed by atoms with Crippen LogP contribution in [0.15, 0.2) is 30.3 Å². The van der Waals surface area contributed by atoms with Crippen molar-refractivity contribution in [2.24, 2.45) is 0 Å². The summed E-state index contributed by atoms with van der Waals surface area (Å²) in [7, 11) is 0. The molecule has 0 amide bonds. The molecule has 0 aliphatic carbocycles. The second-order valence-corrected chi connectivity index (χ2v) is 4.26. The van der Waals surface area contributed by atoms with Crippen LogP contribution in [0, 0.1) is 17.0 Å². The molecule has 0 saturated carbocycles. The number of nitrogens with zero attached hydrogens (tertiary/aromatic N) is 2. The van der Waals surface area contributed by atoms with Crippen LogP contribution < -0.4 is 5.73 Å². The van der Waals surface area contributed by atoms with Crippen LogP contribution in [-0.4, -0.2) is 9.91 Å². The van der Waals surface area contributed by atoms with Crippen molar-refractivity contribution in [2.45, 2.75) is 6.92 Å². The quantitative estimate of drug-likeness (QED) is 0.666. The van der Waals surface area contributed by atoms with Crippen LogP contribution in [0.3, 0.4) is 0 Å². The first-order valence-electron chi connectivity index (χ1n) is 5.16. The smallest absolute Gasteiger partial charge is 0.275 e. The van der Waals surface area contributed by atoms with Gasteiger partial charge in [0.05, 0.1) is 16.7 Å². The fourth-order valence-corrected chi connectivity index (χ4v) is 1.72. The molecule has 1 aromatic carbocycles. The minimum atomic E-state index is -0.503. The number of nitrogen functional groups attached to an aromatic ring is 1. The Balaban J connectivity index is 2.56. The van der Waals surface area contributed by atoms with Gasteiger partial charge >= 0.3 is 0 Å². The molecular formula is C12H10ClN3O2. The van der Waals surface area contributed by atoms with E-state index in [9.17, 15) is 10.1 Å². The van der Waals surface area contributed by atoms with E-state index in [2.05, 4.69) is 4.98 Å². The molecular weight excluding hydrogens is 254 g/mol. The number of aryl methyl sites for hydroxylation is 1.